The van der Waals surface area contributed by atoms with Crippen molar-refractivity contribution in [3.63, 3.8) is 0 Å². The van der Waals surface area contributed by atoms with Crippen LogP contribution >= 0.6 is 0 Å². The maximum absolute atomic E-state index is 13.0. The van der Waals surface area contributed by atoms with Gasteiger partial charge in [-0.2, -0.15) is 0 Å². The molecule has 0 bridgehead atoms. The van der Waals surface area contributed by atoms with E-state index in [1.165, 1.54) is 24.8 Å². The molecule has 0 N–H and O–H groups in total. The Morgan fingerprint density at radius 3 is 2.33 bits per heavy atom. The van der Waals surface area contributed by atoms with Crippen LogP contribution in [-0.2, 0) is 4.79 Å². The number of hydrogen-bond donors (Lipinski definition) is 0. The summed E-state index contributed by atoms with van der Waals surface area (Å²) in [6.45, 7) is 12.2. The highest BCUT2D eigenvalue weighted by atomic mass is 16.2. The van der Waals surface area contributed by atoms with Gasteiger partial charge in [0.1, 0.15) is 0 Å². The lowest BCUT2D eigenvalue weighted by atomic mass is 9.72. The van der Waals surface area contributed by atoms with E-state index in [2.05, 4.69) is 43.1 Å². The van der Waals surface area contributed by atoms with E-state index in [0.717, 1.165) is 63.8 Å². The summed E-state index contributed by atoms with van der Waals surface area (Å²) >= 11 is 0. The van der Waals surface area contributed by atoms with E-state index >= 15 is 0 Å². The smallest absolute Gasteiger partial charge is 0.223 e. The van der Waals surface area contributed by atoms with E-state index in [1.807, 2.05) is 0 Å². The Kier molecular flexibility index (Phi) is 5.69. The average molecular weight is 332 g/mol. The Morgan fingerprint density at radius 2 is 1.83 bits per heavy atom. The molecule has 3 heteroatoms. The van der Waals surface area contributed by atoms with Crippen molar-refractivity contribution in [3.05, 3.63) is 18.1 Å². The summed E-state index contributed by atoms with van der Waals surface area (Å²) in [5.41, 5.74) is 1.61. The van der Waals surface area contributed by atoms with Crippen LogP contribution in [0.15, 0.2) is 11.6 Å². The van der Waals surface area contributed by atoms with Gasteiger partial charge in [-0.25, -0.2) is 0 Å². The fourth-order valence-corrected chi connectivity index (χ4v) is 4.75. The third-order valence-electron chi connectivity index (χ3n) is 6.47. The Balaban J connectivity index is 1.53. The van der Waals surface area contributed by atoms with Crippen LogP contribution in [0.4, 0.5) is 0 Å². The van der Waals surface area contributed by atoms with Crippen molar-refractivity contribution in [2.45, 2.75) is 59.3 Å². The van der Waals surface area contributed by atoms with Gasteiger partial charge >= 0.3 is 0 Å². The summed E-state index contributed by atoms with van der Waals surface area (Å²) in [5.74, 6) is 2.01. The van der Waals surface area contributed by atoms with Gasteiger partial charge in [-0.05, 0) is 63.6 Å². The van der Waals surface area contributed by atoms with E-state index in [9.17, 15) is 4.79 Å². The molecule has 0 atom stereocenters. The SMILES string of the molecule is CCN1CCC(CC(=O)N2CCC(CC(C)C)CC2)(C2=C[CH]2)CC1. The molecule has 3 nitrogen and oxygen atoms in total. The van der Waals surface area contributed by atoms with Crippen LogP contribution in [0.5, 0.6) is 0 Å². The predicted octanol–water partition coefficient (Wildman–Crippen LogP) is 3.91. The maximum Gasteiger partial charge on any atom is 0.223 e. The number of rotatable bonds is 6. The molecule has 2 saturated heterocycles. The lowest BCUT2D eigenvalue weighted by Gasteiger charge is -2.42. The van der Waals surface area contributed by atoms with E-state index < -0.39 is 0 Å². The molecule has 2 heterocycles. The molecule has 3 rings (SSSR count). The van der Waals surface area contributed by atoms with Gasteiger partial charge in [0.05, 0.1) is 0 Å². The van der Waals surface area contributed by atoms with Gasteiger partial charge in [0.25, 0.3) is 0 Å². The van der Waals surface area contributed by atoms with Crippen molar-refractivity contribution < 1.29 is 4.79 Å². The van der Waals surface area contributed by atoms with Gasteiger partial charge in [-0.1, -0.05) is 32.4 Å². The minimum Gasteiger partial charge on any atom is -0.343 e. The van der Waals surface area contributed by atoms with E-state index in [1.54, 1.807) is 0 Å². The number of hydrogen-bond acceptors (Lipinski definition) is 2. The van der Waals surface area contributed by atoms with Crippen LogP contribution < -0.4 is 0 Å². The van der Waals surface area contributed by atoms with E-state index in [4.69, 9.17) is 0 Å². The number of amides is 1. The molecule has 2 aliphatic heterocycles. The van der Waals surface area contributed by atoms with Gasteiger partial charge in [-0.15, -0.1) is 0 Å². The number of allylic oxidation sites excluding steroid dienone is 2. The third kappa shape index (κ3) is 4.22. The Bertz CT molecular complexity index is 466. The van der Waals surface area contributed by atoms with Crippen molar-refractivity contribution in [1.29, 1.82) is 0 Å². The molecule has 1 aliphatic carbocycles. The molecule has 0 saturated carbocycles. The van der Waals surface area contributed by atoms with Crippen LogP contribution in [0.25, 0.3) is 0 Å². The lowest BCUT2D eigenvalue weighted by molar-refractivity contribution is -0.135. The first-order valence-corrected chi connectivity index (χ1v) is 10.1. The second-order valence-corrected chi connectivity index (χ2v) is 8.63. The molecule has 0 aromatic carbocycles. The van der Waals surface area contributed by atoms with Crippen LogP contribution in [0.3, 0.4) is 0 Å². The fraction of sp³-hybridized carbons (Fsp3) is 0.810. The van der Waals surface area contributed by atoms with Crippen LogP contribution in [0, 0.1) is 23.7 Å². The van der Waals surface area contributed by atoms with Crippen LogP contribution in [-0.4, -0.2) is 48.4 Å². The molecule has 0 spiro atoms. The summed E-state index contributed by atoms with van der Waals surface area (Å²) in [6.07, 6.45) is 11.2. The lowest BCUT2D eigenvalue weighted by Crippen LogP contribution is -2.45. The molecule has 0 unspecified atom stereocenters. The Morgan fingerprint density at radius 1 is 1.21 bits per heavy atom. The molecular formula is C21H35N2O. The summed E-state index contributed by atoms with van der Waals surface area (Å²) in [4.78, 5) is 17.6. The highest BCUT2D eigenvalue weighted by Crippen LogP contribution is 2.48. The topological polar surface area (TPSA) is 23.6 Å². The number of nitrogens with zero attached hydrogens (tertiary/aromatic N) is 2. The minimum atomic E-state index is 0.150. The number of piperidine rings is 2. The van der Waals surface area contributed by atoms with Gasteiger partial charge in [0.2, 0.25) is 5.91 Å². The van der Waals surface area contributed by atoms with E-state index in [0.29, 0.717) is 5.91 Å². The molecule has 1 radical (unpaired) electrons. The van der Waals surface area contributed by atoms with Crippen molar-refractivity contribution in [2.75, 3.05) is 32.7 Å². The zero-order valence-corrected chi connectivity index (χ0v) is 15.9. The van der Waals surface area contributed by atoms with Crippen molar-refractivity contribution in [1.82, 2.24) is 9.80 Å². The summed E-state index contributed by atoms with van der Waals surface area (Å²) in [6, 6.07) is 0. The molecule has 24 heavy (non-hydrogen) atoms. The van der Waals surface area contributed by atoms with Crippen molar-refractivity contribution in [3.8, 4) is 0 Å². The fourth-order valence-electron chi connectivity index (χ4n) is 4.75. The zero-order chi connectivity index (χ0) is 17.2. The Labute approximate surface area is 148 Å². The van der Waals surface area contributed by atoms with Gasteiger partial charge in [0.15, 0.2) is 0 Å². The predicted molar refractivity (Wildman–Crippen MR) is 99.5 cm³/mol. The number of carbonyl (C=O) groups is 1. The summed E-state index contributed by atoms with van der Waals surface area (Å²) in [5, 5.41) is 0. The second-order valence-electron chi connectivity index (χ2n) is 8.63. The largest absolute Gasteiger partial charge is 0.343 e. The molecular weight excluding hydrogens is 296 g/mol. The average Bonchev–Trinajstić information content (AvgIpc) is 3.41. The van der Waals surface area contributed by atoms with Gasteiger partial charge < -0.3 is 9.80 Å². The number of carbonyl (C=O) groups excluding carboxylic acids is 1. The van der Waals surface area contributed by atoms with Crippen molar-refractivity contribution >= 4 is 5.91 Å². The zero-order valence-electron chi connectivity index (χ0n) is 15.9. The van der Waals surface area contributed by atoms with Crippen LogP contribution in [0.2, 0.25) is 0 Å². The molecule has 3 aliphatic rings. The molecule has 0 aromatic heterocycles. The first-order valence-electron chi connectivity index (χ1n) is 10.1. The van der Waals surface area contributed by atoms with Gasteiger partial charge in [-0.3, -0.25) is 4.79 Å². The highest BCUT2D eigenvalue weighted by Gasteiger charge is 2.43. The second kappa shape index (κ2) is 7.59. The molecule has 1 amide bonds. The van der Waals surface area contributed by atoms with Crippen LogP contribution in [0.1, 0.15) is 59.3 Å². The molecule has 2 fully saturated rings. The highest BCUT2D eigenvalue weighted by molar-refractivity contribution is 5.78. The standard InChI is InChI=1S/C21H35N2O/c1-4-22-13-9-21(10-14-22,19-5-6-19)16-20(24)23-11-7-18(8-12-23)15-17(2)3/h5-6,17-18H,4,7-16H2,1-3H3. The number of likely N-dealkylation sites (tertiary alicyclic amines) is 2. The monoisotopic (exact) mass is 331 g/mol. The quantitative estimate of drug-likeness (QED) is 0.737. The minimum absolute atomic E-state index is 0.150. The normalized spacial score (nSPS) is 25.0. The van der Waals surface area contributed by atoms with E-state index in [-0.39, 0.29) is 5.41 Å². The summed E-state index contributed by atoms with van der Waals surface area (Å²) in [7, 11) is 0. The van der Waals surface area contributed by atoms with Gasteiger partial charge in [0, 0.05) is 31.3 Å². The third-order valence-corrected chi connectivity index (χ3v) is 6.47. The summed E-state index contributed by atoms with van der Waals surface area (Å²) < 4.78 is 0. The maximum atomic E-state index is 13.0. The Hall–Kier alpha value is -0.830. The molecule has 0 aromatic rings. The first kappa shape index (κ1) is 18.0. The first-order chi connectivity index (χ1) is 11.5. The van der Waals surface area contributed by atoms with Crippen molar-refractivity contribution in [2.24, 2.45) is 17.3 Å². The molecule has 135 valence electrons.